The molecule has 2 rings (SSSR count). The zero-order valence-corrected chi connectivity index (χ0v) is 14.8. The number of anilines is 2. The van der Waals surface area contributed by atoms with Crippen LogP contribution in [-0.2, 0) is 4.74 Å². The van der Waals surface area contributed by atoms with E-state index in [1.54, 1.807) is 25.6 Å². The maximum absolute atomic E-state index is 12.4. The van der Waals surface area contributed by atoms with Crippen molar-refractivity contribution in [1.29, 1.82) is 0 Å². The van der Waals surface area contributed by atoms with E-state index in [1.165, 1.54) is 0 Å². The van der Waals surface area contributed by atoms with E-state index in [4.69, 9.17) is 4.74 Å². The van der Waals surface area contributed by atoms with E-state index < -0.39 is 0 Å². The van der Waals surface area contributed by atoms with Gasteiger partial charge in [-0.2, -0.15) is 0 Å². The smallest absolute Gasteiger partial charge is 0.257 e. The van der Waals surface area contributed by atoms with Gasteiger partial charge in [0.15, 0.2) is 0 Å². The quantitative estimate of drug-likeness (QED) is 0.719. The molecule has 6 heteroatoms. The van der Waals surface area contributed by atoms with E-state index in [0.717, 1.165) is 34.4 Å². The van der Waals surface area contributed by atoms with Crippen LogP contribution in [0.3, 0.4) is 0 Å². The topological polar surface area (TPSA) is 63.2 Å². The minimum Gasteiger partial charge on any atom is -0.385 e. The molecule has 0 atom stereocenters. The van der Waals surface area contributed by atoms with Crippen LogP contribution in [0.4, 0.5) is 11.4 Å². The van der Waals surface area contributed by atoms with Gasteiger partial charge >= 0.3 is 0 Å². The number of nitrogens with zero attached hydrogens (tertiary/aromatic N) is 1. The summed E-state index contributed by atoms with van der Waals surface area (Å²) in [5, 5.41) is 6.14. The summed E-state index contributed by atoms with van der Waals surface area (Å²) in [6.45, 7) is 3.42. The average Bonchev–Trinajstić information content (AvgIpc) is 2.54. The number of ether oxygens (including phenoxy) is 1. The van der Waals surface area contributed by atoms with Crippen molar-refractivity contribution in [3.63, 3.8) is 0 Å². The fourth-order valence-electron chi connectivity index (χ4n) is 2.07. The molecule has 0 unspecified atom stereocenters. The normalized spacial score (nSPS) is 10.4. The van der Waals surface area contributed by atoms with Crippen molar-refractivity contribution in [2.24, 2.45) is 0 Å². The number of carbonyl (C=O) groups excluding carboxylic acids is 1. The molecular formula is C17H20BrN3O2. The fourth-order valence-corrected chi connectivity index (χ4v) is 2.55. The molecule has 5 nitrogen and oxygen atoms in total. The van der Waals surface area contributed by atoms with Gasteiger partial charge in [-0.3, -0.25) is 9.78 Å². The van der Waals surface area contributed by atoms with Crippen molar-refractivity contribution in [2.75, 3.05) is 30.9 Å². The van der Waals surface area contributed by atoms with Gasteiger partial charge < -0.3 is 15.4 Å². The Bertz CT molecular complexity index is 677. The second-order valence-corrected chi connectivity index (χ2v) is 6.06. The van der Waals surface area contributed by atoms with Crippen LogP contribution in [-0.4, -0.2) is 31.2 Å². The third-order valence-corrected chi connectivity index (χ3v) is 3.78. The predicted octanol–water partition coefficient (Wildman–Crippen LogP) is 3.85. The predicted molar refractivity (Wildman–Crippen MR) is 96.1 cm³/mol. The second kappa shape index (κ2) is 8.64. The molecule has 2 aromatic rings. The largest absolute Gasteiger partial charge is 0.385 e. The van der Waals surface area contributed by atoms with Gasteiger partial charge in [0.2, 0.25) is 0 Å². The number of aromatic nitrogens is 1. The lowest BCUT2D eigenvalue weighted by Gasteiger charge is -2.10. The lowest BCUT2D eigenvalue weighted by Crippen LogP contribution is -2.14. The first-order valence-corrected chi connectivity index (χ1v) is 8.15. The number of hydrogen-bond donors (Lipinski definition) is 2. The number of rotatable bonds is 7. The minimum absolute atomic E-state index is 0.177. The first-order chi connectivity index (χ1) is 11.1. The molecule has 0 aliphatic rings. The Morgan fingerprint density at radius 1 is 1.30 bits per heavy atom. The summed E-state index contributed by atoms with van der Waals surface area (Å²) in [4.78, 5) is 16.5. The molecule has 0 saturated heterocycles. The van der Waals surface area contributed by atoms with Gasteiger partial charge in [-0.15, -0.1) is 0 Å². The summed E-state index contributed by atoms with van der Waals surface area (Å²) in [5.74, 6) is -0.177. The van der Waals surface area contributed by atoms with Crippen LogP contribution in [0.25, 0.3) is 0 Å². The number of carbonyl (C=O) groups is 1. The van der Waals surface area contributed by atoms with Crippen molar-refractivity contribution in [3.05, 3.63) is 52.3 Å². The molecule has 122 valence electrons. The third-order valence-electron chi connectivity index (χ3n) is 3.29. The SMILES string of the molecule is COCCCNc1cncc(C(=O)Nc2ccc(Br)cc2C)c1. The highest BCUT2D eigenvalue weighted by molar-refractivity contribution is 9.10. The molecule has 0 spiro atoms. The van der Waals surface area contributed by atoms with Gasteiger partial charge in [0, 0.05) is 42.8 Å². The number of aryl methyl sites for hydroxylation is 1. The Morgan fingerprint density at radius 2 is 2.13 bits per heavy atom. The third kappa shape index (κ3) is 5.33. The number of nitrogens with one attached hydrogen (secondary N) is 2. The van der Waals surface area contributed by atoms with Gasteiger partial charge in [-0.25, -0.2) is 0 Å². The number of pyridine rings is 1. The van der Waals surface area contributed by atoms with Crippen LogP contribution >= 0.6 is 15.9 Å². The number of hydrogen-bond acceptors (Lipinski definition) is 4. The molecule has 0 fully saturated rings. The Labute approximate surface area is 144 Å². The van der Waals surface area contributed by atoms with Crippen molar-refractivity contribution >= 4 is 33.2 Å². The molecule has 1 amide bonds. The molecule has 1 heterocycles. The summed E-state index contributed by atoms with van der Waals surface area (Å²) in [6, 6.07) is 7.53. The van der Waals surface area contributed by atoms with Gasteiger partial charge in [-0.1, -0.05) is 15.9 Å². The summed E-state index contributed by atoms with van der Waals surface area (Å²) in [7, 11) is 1.68. The standard InChI is InChI=1S/C17H20BrN3O2/c1-12-8-14(18)4-5-16(12)21-17(22)13-9-15(11-19-10-13)20-6-3-7-23-2/h4-5,8-11,20H,3,6-7H2,1-2H3,(H,21,22). The lowest BCUT2D eigenvalue weighted by molar-refractivity contribution is 0.102. The first-order valence-electron chi connectivity index (χ1n) is 7.35. The fraction of sp³-hybridized carbons (Fsp3) is 0.294. The Hall–Kier alpha value is -1.92. The van der Waals surface area contributed by atoms with E-state index in [-0.39, 0.29) is 5.91 Å². The average molecular weight is 378 g/mol. The van der Waals surface area contributed by atoms with Crippen molar-refractivity contribution in [1.82, 2.24) is 4.98 Å². The zero-order valence-electron chi connectivity index (χ0n) is 13.2. The maximum Gasteiger partial charge on any atom is 0.257 e. The van der Waals surface area contributed by atoms with Crippen molar-refractivity contribution in [2.45, 2.75) is 13.3 Å². The molecule has 0 aliphatic heterocycles. The highest BCUT2D eigenvalue weighted by Crippen LogP contribution is 2.21. The van der Waals surface area contributed by atoms with E-state index >= 15 is 0 Å². The zero-order chi connectivity index (χ0) is 16.7. The molecule has 0 aliphatic carbocycles. The second-order valence-electron chi connectivity index (χ2n) is 5.15. The van der Waals surface area contributed by atoms with Crippen LogP contribution in [0, 0.1) is 6.92 Å². The van der Waals surface area contributed by atoms with E-state index in [1.807, 2.05) is 25.1 Å². The molecule has 0 bridgehead atoms. The summed E-state index contributed by atoms with van der Waals surface area (Å²) < 4.78 is 5.99. The van der Waals surface area contributed by atoms with Gasteiger partial charge in [0.1, 0.15) is 0 Å². The van der Waals surface area contributed by atoms with E-state index in [0.29, 0.717) is 12.2 Å². The molecule has 23 heavy (non-hydrogen) atoms. The molecule has 2 N–H and O–H groups in total. The monoisotopic (exact) mass is 377 g/mol. The van der Waals surface area contributed by atoms with E-state index in [2.05, 4.69) is 31.5 Å². The van der Waals surface area contributed by atoms with Crippen molar-refractivity contribution in [3.8, 4) is 0 Å². The van der Waals surface area contributed by atoms with Crippen molar-refractivity contribution < 1.29 is 9.53 Å². The van der Waals surface area contributed by atoms with E-state index in [9.17, 15) is 4.79 Å². The summed E-state index contributed by atoms with van der Waals surface area (Å²) in [5.41, 5.74) is 3.12. The highest BCUT2D eigenvalue weighted by atomic mass is 79.9. The summed E-state index contributed by atoms with van der Waals surface area (Å²) in [6.07, 6.45) is 4.16. The number of amides is 1. The molecule has 0 saturated carbocycles. The lowest BCUT2D eigenvalue weighted by atomic mass is 10.2. The molecule has 1 aromatic carbocycles. The van der Waals surface area contributed by atoms with Gasteiger partial charge in [-0.05, 0) is 43.2 Å². The molecule has 1 aromatic heterocycles. The van der Waals surface area contributed by atoms with Gasteiger partial charge in [0.05, 0.1) is 11.3 Å². The van der Waals surface area contributed by atoms with Crippen LogP contribution in [0.5, 0.6) is 0 Å². The number of halogens is 1. The number of methoxy groups -OCH3 is 1. The minimum atomic E-state index is -0.177. The Kier molecular flexibility index (Phi) is 6.55. The Balaban J connectivity index is 2.01. The maximum atomic E-state index is 12.4. The number of benzene rings is 1. The molecular weight excluding hydrogens is 358 g/mol. The van der Waals surface area contributed by atoms with Crippen LogP contribution in [0.2, 0.25) is 0 Å². The molecule has 0 radical (unpaired) electrons. The van der Waals surface area contributed by atoms with Crippen LogP contribution in [0.15, 0.2) is 41.1 Å². The van der Waals surface area contributed by atoms with Crippen LogP contribution in [0.1, 0.15) is 22.3 Å². The van der Waals surface area contributed by atoms with Crippen LogP contribution < -0.4 is 10.6 Å². The Morgan fingerprint density at radius 3 is 2.87 bits per heavy atom. The summed E-state index contributed by atoms with van der Waals surface area (Å²) >= 11 is 3.41. The first kappa shape index (κ1) is 17.4. The highest BCUT2D eigenvalue weighted by Gasteiger charge is 2.09. The van der Waals surface area contributed by atoms with Gasteiger partial charge in [0.25, 0.3) is 5.91 Å².